The molecule has 12 nitrogen and oxygen atoms in total. The van der Waals surface area contributed by atoms with Gasteiger partial charge >= 0.3 is 12.1 Å². The molecule has 3 saturated carbocycles. The summed E-state index contributed by atoms with van der Waals surface area (Å²) in [5, 5.41) is 22.2. The first-order valence-electron chi connectivity index (χ1n) is 19.9. The lowest BCUT2D eigenvalue weighted by Crippen LogP contribution is -2.66. The highest BCUT2D eigenvalue weighted by atomic mass is 19.4. The number of aliphatic carboxylic acids is 1. The molecule has 1 saturated heterocycles. The zero-order chi connectivity index (χ0) is 39.4. The summed E-state index contributed by atoms with van der Waals surface area (Å²) in [6.07, 6.45) is 7.82. The second kappa shape index (κ2) is 14.5. The van der Waals surface area contributed by atoms with Gasteiger partial charge in [0.2, 0.25) is 11.9 Å². The third-order valence-corrected chi connectivity index (χ3v) is 13.2. The second-order valence-electron chi connectivity index (χ2n) is 16.9. The molecule has 0 radical (unpaired) electrons. The maximum atomic E-state index is 14.9. The van der Waals surface area contributed by atoms with Crippen molar-refractivity contribution in [1.29, 1.82) is 5.26 Å². The van der Waals surface area contributed by atoms with Crippen LogP contribution in [0.3, 0.4) is 0 Å². The molecule has 2 bridgehead atoms. The molecule has 5 atom stereocenters. The van der Waals surface area contributed by atoms with Gasteiger partial charge in [-0.05, 0) is 86.0 Å². The molecule has 2 aromatic heterocycles. The van der Waals surface area contributed by atoms with Gasteiger partial charge in [0, 0.05) is 49.8 Å². The summed E-state index contributed by atoms with van der Waals surface area (Å²) < 4.78 is 51.1. The number of alkyl halides is 3. The monoisotopic (exact) mass is 772 g/mol. The van der Waals surface area contributed by atoms with Crippen molar-refractivity contribution in [3.8, 4) is 11.8 Å². The highest BCUT2D eigenvalue weighted by Crippen LogP contribution is 2.53. The van der Waals surface area contributed by atoms with Gasteiger partial charge in [-0.1, -0.05) is 33.1 Å². The number of fused-ring (bicyclic) bond motifs is 4. The first kappa shape index (κ1) is 37.9. The van der Waals surface area contributed by atoms with Gasteiger partial charge in [0.05, 0.1) is 23.5 Å². The summed E-state index contributed by atoms with van der Waals surface area (Å²) in [5.74, 6) is -1.53. The van der Waals surface area contributed by atoms with Crippen molar-refractivity contribution in [2.45, 2.75) is 108 Å². The first-order valence-corrected chi connectivity index (χ1v) is 19.9. The highest BCUT2D eigenvalue weighted by molar-refractivity contribution is 5.99. The average Bonchev–Trinajstić information content (AvgIpc) is 3.48. The topological polar surface area (TPSA) is 157 Å². The number of aromatic nitrogens is 4. The number of ether oxygens (including phenoxy) is 1. The average molecular weight is 773 g/mol. The molecule has 3 aliphatic carbocycles. The van der Waals surface area contributed by atoms with E-state index in [0.717, 1.165) is 63.1 Å². The molecule has 3 aromatic rings. The number of carbonyl (C=O) groups excluding carboxylic acids is 1. The molecule has 2 N–H and O–H groups in total. The largest absolute Gasteiger partial charge is 0.490 e. The van der Waals surface area contributed by atoms with E-state index in [4.69, 9.17) is 10.00 Å². The van der Waals surface area contributed by atoms with Crippen LogP contribution in [0, 0.1) is 35.0 Å². The fourth-order valence-corrected chi connectivity index (χ4v) is 10.7. The minimum absolute atomic E-state index is 0.0568. The van der Waals surface area contributed by atoms with E-state index < -0.39 is 46.7 Å². The fraction of sp³-hybridized carbons (Fsp3) is 0.585. The molecule has 56 heavy (non-hydrogen) atoms. The van der Waals surface area contributed by atoms with Gasteiger partial charge < -0.3 is 25.0 Å². The Kier molecular flexibility index (Phi) is 9.81. The van der Waals surface area contributed by atoms with Crippen LogP contribution in [0.25, 0.3) is 0 Å². The number of benzene rings is 1. The van der Waals surface area contributed by atoms with E-state index in [-0.39, 0.29) is 23.4 Å². The molecule has 4 fully saturated rings. The van der Waals surface area contributed by atoms with Crippen LogP contribution in [0.15, 0.2) is 36.8 Å². The van der Waals surface area contributed by atoms with Crippen molar-refractivity contribution >= 4 is 29.5 Å². The predicted molar refractivity (Wildman–Crippen MR) is 199 cm³/mol. The van der Waals surface area contributed by atoms with E-state index in [0.29, 0.717) is 67.8 Å². The number of piperidine rings is 1. The molecular formula is C41H47F3N8O4. The lowest BCUT2D eigenvalue weighted by molar-refractivity contribution is -0.155. The summed E-state index contributed by atoms with van der Waals surface area (Å²) >= 11 is 0. The zero-order valence-electron chi connectivity index (χ0n) is 31.7. The van der Waals surface area contributed by atoms with Crippen LogP contribution in [0.1, 0.15) is 112 Å². The van der Waals surface area contributed by atoms with Gasteiger partial charge in [0.1, 0.15) is 23.5 Å². The number of hydrogen-bond donors (Lipinski definition) is 2. The normalized spacial score (nSPS) is 27.4. The Labute approximate surface area is 323 Å². The number of amides is 1. The minimum atomic E-state index is -5.01. The Morgan fingerprint density at radius 2 is 1.70 bits per heavy atom. The second-order valence-corrected chi connectivity index (χ2v) is 16.9. The van der Waals surface area contributed by atoms with Crippen LogP contribution < -0.4 is 19.9 Å². The Bertz CT molecular complexity index is 2020. The number of carboxylic acid groups (broad SMARTS) is 1. The lowest BCUT2D eigenvalue weighted by Gasteiger charge is -2.52. The highest BCUT2D eigenvalue weighted by Gasteiger charge is 2.57. The number of carbonyl (C=O) groups is 2. The fourth-order valence-electron chi connectivity index (χ4n) is 10.7. The number of nitrogens with one attached hydrogen (secondary N) is 1. The predicted octanol–water partition coefficient (Wildman–Crippen LogP) is 7.20. The number of rotatable bonds is 7. The number of carboxylic acids is 1. The van der Waals surface area contributed by atoms with Crippen molar-refractivity contribution in [2.24, 2.45) is 23.7 Å². The molecular weight excluding hydrogens is 725 g/mol. The number of hydrogen-bond acceptors (Lipinski definition) is 10. The number of nitriles is 1. The Hall–Kier alpha value is -5.00. The van der Waals surface area contributed by atoms with E-state index in [9.17, 15) is 27.9 Å². The van der Waals surface area contributed by atoms with Gasteiger partial charge in [0.15, 0.2) is 5.69 Å². The van der Waals surface area contributed by atoms with Crippen LogP contribution in [0.4, 0.5) is 30.8 Å². The van der Waals surface area contributed by atoms with Crippen molar-refractivity contribution in [3.05, 3.63) is 59.2 Å². The minimum Gasteiger partial charge on any atom is -0.490 e. The zero-order valence-corrected chi connectivity index (χ0v) is 31.7. The van der Waals surface area contributed by atoms with Gasteiger partial charge in [-0.2, -0.15) is 18.4 Å². The molecule has 296 valence electrons. The van der Waals surface area contributed by atoms with Crippen LogP contribution in [0.5, 0.6) is 5.75 Å². The van der Waals surface area contributed by atoms with E-state index >= 15 is 0 Å². The maximum Gasteiger partial charge on any atom is 0.434 e. The smallest absolute Gasteiger partial charge is 0.434 e. The molecule has 15 heteroatoms. The molecule has 5 unspecified atom stereocenters. The summed E-state index contributed by atoms with van der Waals surface area (Å²) in [6.45, 7) is 5.58. The van der Waals surface area contributed by atoms with Crippen LogP contribution in [-0.2, 0) is 16.4 Å². The molecule has 1 spiro atoms. The van der Waals surface area contributed by atoms with Gasteiger partial charge in [-0.25, -0.2) is 24.7 Å². The molecule has 8 rings (SSSR count). The maximum absolute atomic E-state index is 14.9. The SMILES string of the molecule is CC1CC2CC(C)C(NC(=O)c3cnc(N4CC5(CCCCC5)c5cc(OC6CCN(c7ncc(C#N)cn7)CC6)ccc54)nc3C(F)(F)F)(C(=O)O)C(C1)C2. The van der Waals surface area contributed by atoms with Crippen molar-refractivity contribution in [1.82, 2.24) is 25.3 Å². The molecule has 4 heterocycles. The first-order chi connectivity index (χ1) is 26.8. The third kappa shape index (κ3) is 6.78. The number of nitrogens with zero attached hydrogens (tertiary/aromatic N) is 7. The van der Waals surface area contributed by atoms with E-state index in [1.165, 1.54) is 12.4 Å². The summed E-state index contributed by atoms with van der Waals surface area (Å²) in [7, 11) is 0. The Morgan fingerprint density at radius 1 is 0.982 bits per heavy atom. The van der Waals surface area contributed by atoms with Gasteiger partial charge in [0.25, 0.3) is 5.91 Å². The third-order valence-electron chi connectivity index (χ3n) is 13.2. The summed E-state index contributed by atoms with van der Waals surface area (Å²) in [6, 6.07) is 7.76. The summed E-state index contributed by atoms with van der Waals surface area (Å²) in [4.78, 5) is 47.7. The molecule has 5 aliphatic rings. The van der Waals surface area contributed by atoms with Crippen molar-refractivity contribution in [3.63, 3.8) is 0 Å². The van der Waals surface area contributed by atoms with Crippen molar-refractivity contribution in [2.75, 3.05) is 29.4 Å². The Morgan fingerprint density at radius 3 is 2.38 bits per heavy atom. The van der Waals surface area contributed by atoms with E-state index in [1.807, 2.05) is 24.3 Å². The lowest BCUT2D eigenvalue weighted by atomic mass is 9.56. The van der Waals surface area contributed by atoms with Crippen LogP contribution in [-0.4, -0.2) is 68.2 Å². The Balaban J connectivity index is 1.05. The molecule has 1 aromatic carbocycles. The molecule has 1 amide bonds. The van der Waals surface area contributed by atoms with Crippen LogP contribution >= 0.6 is 0 Å². The van der Waals surface area contributed by atoms with Crippen molar-refractivity contribution < 1.29 is 32.6 Å². The van der Waals surface area contributed by atoms with E-state index in [1.54, 1.807) is 11.8 Å². The number of anilines is 3. The van der Waals surface area contributed by atoms with E-state index in [2.05, 4.69) is 37.1 Å². The van der Waals surface area contributed by atoms with Crippen LogP contribution in [0.2, 0.25) is 0 Å². The quantitative estimate of drug-likeness (QED) is 0.250. The molecule has 2 aliphatic heterocycles. The van der Waals surface area contributed by atoms with Gasteiger partial charge in [-0.3, -0.25) is 4.79 Å². The number of halogens is 3. The van der Waals surface area contributed by atoms with Gasteiger partial charge in [-0.15, -0.1) is 0 Å². The summed E-state index contributed by atoms with van der Waals surface area (Å²) in [5.41, 5.74) is -2.09. The standard InChI is InChI=1S/C41H47F3N8O4/c1-24-14-26-16-25(2)40(36(54)55,28(15-24)17-26)50-35(53)31-22-48-38(49-34(31)41(42,43)44)52-23-39(10-4-3-5-11-39)32-18-30(6-7-33(32)52)56-29-8-12-51(13-9-29)37-46-20-27(19-45)21-47-37/h6-7,18,20-22,24-26,28-29H,3-5,8-17,23H2,1-2H3,(H,50,53)(H,54,55).